The first-order chi connectivity index (χ1) is 8.78. The van der Waals surface area contributed by atoms with Gasteiger partial charge in [0, 0.05) is 11.8 Å². The van der Waals surface area contributed by atoms with E-state index < -0.39 is 21.4 Å². The number of aromatic hydroxyl groups is 1. The number of carbonyl (C=O) groups excluding carboxylic acids is 1. The number of phenols is 1. The smallest absolute Gasteiger partial charge is 0.319 e. The second kappa shape index (κ2) is 4.73. The second-order valence-corrected chi connectivity index (χ2v) is 7.22. The van der Waals surface area contributed by atoms with Gasteiger partial charge in [0.15, 0.2) is 9.84 Å². The van der Waals surface area contributed by atoms with Crippen LogP contribution in [0.25, 0.3) is 0 Å². The predicted molar refractivity (Wildman–Crippen MR) is 71.9 cm³/mol. The van der Waals surface area contributed by atoms with Gasteiger partial charge in [-0.25, -0.2) is 13.2 Å². The average molecular weight is 284 g/mol. The number of hydrogen-bond acceptors (Lipinski definition) is 4. The standard InChI is InChI=1S/C12H16N2O4S/c1-12(5-6-19(17,18)8-12)14-11(16)13-9-3-2-4-10(15)7-9/h2-4,7,15H,5-6,8H2,1H3,(H2,13,14,16)/t12-/m0/s1. The van der Waals surface area contributed by atoms with E-state index in [1.165, 1.54) is 12.1 Å². The van der Waals surface area contributed by atoms with Crippen molar-refractivity contribution in [2.24, 2.45) is 0 Å². The van der Waals surface area contributed by atoms with Crippen LogP contribution in [0.5, 0.6) is 5.75 Å². The Morgan fingerprint density at radius 3 is 2.74 bits per heavy atom. The monoisotopic (exact) mass is 284 g/mol. The molecule has 2 amide bonds. The fourth-order valence-electron chi connectivity index (χ4n) is 2.13. The highest BCUT2D eigenvalue weighted by molar-refractivity contribution is 7.91. The lowest BCUT2D eigenvalue weighted by molar-refractivity contribution is 0.242. The highest BCUT2D eigenvalue weighted by atomic mass is 32.2. The first-order valence-corrected chi connectivity index (χ1v) is 7.69. The van der Waals surface area contributed by atoms with Crippen molar-refractivity contribution < 1.29 is 18.3 Å². The number of sulfone groups is 1. The summed E-state index contributed by atoms with van der Waals surface area (Å²) in [6.45, 7) is 1.71. The van der Waals surface area contributed by atoms with Gasteiger partial charge in [-0.15, -0.1) is 0 Å². The Morgan fingerprint density at radius 1 is 1.42 bits per heavy atom. The second-order valence-electron chi connectivity index (χ2n) is 5.03. The maximum absolute atomic E-state index is 11.8. The van der Waals surface area contributed by atoms with Gasteiger partial charge < -0.3 is 15.7 Å². The minimum atomic E-state index is -3.06. The zero-order valence-electron chi connectivity index (χ0n) is 10.5. The van der Waals surface area contributed by atoms with Crippen molar-refractivity contribution in [1.29, 1.82) is 0 Å². The Balaban J connectivity index is 1.99. The fraction of sp³-hybridized carbons (Fsp3) is 0.417. The number of carbonyl (C=O) groups is 1. The molecular formula is C12H16N2O4S. The quantitative estimate of drug-likeness (QED) is 0.757. The van der Waals surface area contributed by atoms with Gasteiger partial charge in [-0.05, 0) is 25.5 Å². The van der Waals surface area contributed by atoms with Gasteiger partial charge in [0.2, 0.25) is 0 Å². The van der Waals surface area contributed by atoms with E-state index in [1.807, 2.05) is 0 Å². The Morgan fingerprint density at radius 2 is 2.16 bits per heavy atom. The predicted octanol–water partition coefficient (Wildman–Crippen LogP) is 1.09. The molecule has 0 aromatic heterocycles. The van der Waals surface area contributed by atoms with E-state index in [9.17, 15) is 18.3 Å². The lowest BCUT2D eigenvalue weighted by Crippen LogP contribution is -2.48. The molecule has 1 fully saturated rings. The molecule has 0 spiro atoms. The van der Waals surface area contributed by atoms with Crippen molar-refractivity contribution in [1.82, 2.24) is 5.32 Å². The summed E-state index contributed by atoms with van der Waals surface area (Å²) in [7, 11) is -3.06. The van der Waals surface area contributed by atoms with Crippen LogP contribution in [0.3, 0.4) is 0 Å². The van der Waals surface area contributed by atoms with Crippen LogP contribution in [0.1, 0.15) is 13.3 Å². The van der Waals surface area contributed by atoms with Crippen LogP contribution in [0.4, 0.5) is 10.5 Å². The van der Waals surface area contributed by atoms with Gasteiger partial charge in [-0.1, -0.05) is 6.07 Å². The first-order valence-electron chi connectivity index (χ1n) is 5.87. The highest BCUT2D eigenvalue weighted by Gasteiger charge is 2.39. The van der Waals surface area contributed by atoms with E-state index in [4.69, 9.17) is 0 Å². The molecule has 1 aromatic carbocycles. The molecule has 19 heavy (non-hydrogen) atoms. The van der Waals surface area contributed by atoms with Crippen molar-refractivity contribution >= 4 is 21.6 Å². The molecule has 1 saturated heterocycles. The Hall–Kier alpha value is -1.76. The lowest BCUT2D eigenvalue weighted by Gasteiger charge is -2.24. The molecule has 0 unspecified atom stereocenters. The summed E-state index contributed by atoms with van der Waals surface area (Å²) in [5.41, 5.74) is -0.290. The summed E-state index contributed by atoms with van der Waals surface area (Å²) in [6, 6.07) is 5.66. The molecule has 0 bridgehead atoms. The molecule has 6 nitrogen and oxygen atoms in total. The van der Waals surface area contributed by atoms with E-state index in [0.717, 1.165) is 0 Å². The SMILES string of the molecule is C[C@]1(NC(=O)Nc2cccc(O)c2)CCS(=O)(=O)C1. The molecule has 0 radical (unpaired) electrons. The summed E-state index contributed by atoms with van der Waals surface area (Å²) in [4.78, 5) is 11.8. The fourth-order valence-corrected chi connectivity index (χ4v) is 4.22. The molecule has 1 heterocycles. The van der Waals surface area contributed by atoms with E-state index >= 15 is 0 Å². The lowest BCUT2D eigenvalue weighted by atomic mass is 10.0. The molecule has 1 aliphatic rings. The molecule has 3 N–H and O–H groups in total. The van der Waals surface area contributed by atoms with Crippen molar-refractivity contribution in [2.45, 2.75) is 18.9 Å². The van der Waals surface area contributed by atoms with Crippen LogP contribution in [-0.2, 0) is 9.84 Å². The number of anilines is 1. The van der Waals surface area contributed by atoms with Crippen LogP contribution in [0.2, 0.25) is 0 Å². The molecule has 1 aromatic rings. The highest BCUT2D eigenvalue weighted by Crippen LogP contribution is 2.23. The number of nitrogens with one attached hydrogen (secondary N) is 2. The van der Waals surface area contributed by atoms with Crippen LogP contribution in [0, 0.1) is 0 Å². The number of amides is 2. The van der Waals surface area contributed by atoms with Gasteiger partial charge in [-0.2, -0.15) is 0 Å². The summed E-state index contributed by atoms with van der Waals surface area (Å²) in [6.07, 6.45) is 0.406. The van der Waals surface area contributed by atoms with Gasteiger partial charge in [0.1, 0.15) is 5.75 Å². The third-order valence-corrected chi connectivity index (χ3v) is 4.93. The number of phenolic OH excluding ortho intramolecular Hbond substituents is 1. The average Bonchev–Trinajstić information content (AvgIpc) is 2.52. The summed E-state index contributed by atoms with van der Waals surface area (Å²) >= 11 is 0. The van der Waals surface area contributed by atoms with E-state index in [0.29, 0.717) is 12.1 Å². The summed E-state index contributed by atoms with van der Waals surface area (Å²) in [5, 5.41) is 14.5. The van der Waals surface area contributed by atoms with Gasteiger partial charge in [0.25, 0.3) is 0 Å². The van der Waals surface area contributed by atoms with Crippen molar-refractivity contribution in [3.8, 4) is 5.75 Å². The van der Waals surface area contributed by atoms with Crippen molar-refractivity contribution in [2.75, 3.05) is 16.8 Å². The topological polar surface area (TPSA) is 95.5 Å². The first kappa shape index (κ1) is 13.7. The Kier molecular flexibility index (Phi) is 3.40. The zero-order valence-corrected chi connectivity index (χ0v) is 11.3. The third-order valence-electron chi connectivity index (χ3n) is 3.02. The number of benzene rings is 1. The van der Waals surface area contributed by atoms with Crippen molar-refractivity contribution in [3.05, 3.63) is 24.3 Å². The maximum atomic E-state index is 11.8. The third kappa shape index (κ3) is 3.60. The number of rotatable bonds is 2. The van der Waals surface area contributed by atoms with Crippen LogP contribution in [-0.4, -0.2) is 36.6 Å². The molecule has 0 saturated carbocycles. The summed E-state index contributed by atoms with van der Waals surface area (Å²) in [5.74, 6) is 0.0936. The van der Waals surface area contributed by atoms with Gasteiger partial charge in [-0.3, -0.25) is 0 Å². The molecule has 2 rings (SSSR count). The zero-order chi connectivity index (χ0) is 14.1. The Bertz CT molecular complexity index is 600. The van der Waals surface area contributed by atoms with Crippen LogP contribution < -0.4 is 10.6 Å². The number of hydrogen-bond donors (Lipinski definition) is 3. The molecule has 1 atom stereocenters. The molecule has 0 aliphatic carbocycles. The number of urea groups is 1. The van der Waals surface area contributed by atoms with Crippen LogP contribution in [0.15, 0.2) is 24.3 Å². The Labute approximate surface area is 111 Å². The molecule has 1 aliphatic heterocycles. The maximum Gasteiger partial charge on any atom is 0.319 e. The largest absolute Gasteiger partial charge is 0.508 e. The van der Waals surface area contributed by atoms with E-state index in [2.05, 4.69) is 10.6 Å². The molecular weight excluding hydrogens is 268 g/mol. The minimum absolute atomic E-state index is 0.0482. The minimum Gasteiger partial charge on any atom is -0.508 e. The van der Waals surface area contributed by atoms with Crippen molar-refractivity contribution in [3.63, 3.8) is 0 Å². The van der Waals surface area contributed by atoms with E-state index in [-0.39, 0.29) is 17.3 Å². The summed E-state index contributed by atoms with van der Waals surface area (Å²) < 4.78 is 22.9. The van der Waals surface area contributed by atoms with Gasteiger partial charge >= 0.3 is 6.03 Å². The van der Waals surface area contributed by atoms with E-state index in [1.54, 1.807) is 19.1 Å². The molecule has 7 heteroatoms. The normalized spacial score (nSPS) is 24.9. The molecule has 104 valence electrons. The van der Waals surface area contributed by atoms with Crippen LogP contribution >= 0.6 is 0 Å². The van der Waals surface area contributed by atoms with Gasteiger partial charge in [0.05, 0.1) is 17.0 Å².